The Kier molecular flexibility index (Phi) is 15.2. The van der Waals surface area contributed by atoms with Crippen molar-refractivity contribution in [1.29, 1.82) is 0 Å². The molecular formula is C38H50N4O7. The molecule has 0 saturated heterocycles. The topological polar surface area (TPSA) is 169 Å². The minimum atomic E-state index is -1.21. The summed E-state index contributed by atoms with van der Waals surface area (Å²) in [5.74, 6) is -2.73. The molecule has 11 nitrogen and oxygen atoms in total. The Morgan fingerprint density at radius 2 is 1.20 bits per heavy atom. The van der Waals surface area contributed by atoms with Gasteiger partial charge in [-0.25, -0.2) is 4.79 Å². The first kappa shape index (κ1) is 38.7. The van der Waals surface area contributed by atoms with E-state index in [-0.39, 0.29) is 25.4 Å². The smallest absolute Gasteiger partial charge is 0.326 e. The lowest BCUT2D eigenvalue weighted by molar-refractivity contribution is -0.143. The van der Waals surface area contributed by atoms with Gasteiger partial charge in [0.2, 0.25) is 17.7 Å². The van der Waals surface area contributed by atoms with Crippen LogP contribution >= 0.6 is 0 Å². The minimum absolute atomic E-state index is 0.0193. The maximum absolute atomic E-state index is 13.8. The van der Waals surface area contributed by atoms with Crippen LogP contribution in [0.2, 0.25) is 0 Å². The summed E-state index contributed by atoms with van der Waals surface area (Å²) < 4.78 is 11.9. The number of hydrogen-bond donors (Lipinski definition) is 5. The third kappa shape index (κ3) is 13.0. The lowest BCUT2D eigenvalue weighted by atomic mass is 9.99. The third-order valence-electron chi connectivity index (χ3n) is 7.94. The number of carbonyl (C=O) groups excluding carboxylic acids is 3. The Balaban J connectivity index is 1.70. The lowest BCUT2D eigenvalue weighted by Gasteiger charge is -2.30. The molecule has 3 aromatic carbocycles. The molecule has 5 atom stereocenters. The Labute approximate surface area is 289 Å². The molecule has 3 aromatic rings. The van der Waals surface area contributed by atoms with Gasteiger partial charge in [0.05, 0.1) is 18.8 Å². The normalized spacial score (nSPS) is 14.3. The van der Waals surface area contributed by atoms with Crippen molar-refractivity contribution in [1.82, 2.24) is 16.0 Å². The van der Waals surface area contributed by atoms with Crippen LogP contribution in [0.5, 0.6) is 5.75 Å². The van der Waals surface area contributed by atoms with Gasteiger partial charge in [-0.15, -0.1) is 0 Å². The molecule has 0 radical (unpaired) electrons. The van der Waals surface area contributed by atoms with Crippen molar-refractivity contribution < 1.29 is 33.8 Å². The predicted octanol–water partition coefficient (Wildman–Crippen LogP) is 3.98. The fourth-order valence-electron chi connectivity index (χ4n) is 5.10. The third-order valence-corrected chi connectivity index (χ3v) is 7.94. The first-order valence-electron chi connectivity index (χ1n) is 16.6. The molecule has 49 heavy (non-hydrogen) atoms. The molecule has 0 heterocycles. The zero-order chi connectivity index (χ0) is 35.9. The summed E-state index contributed by atoms with van der Waals surface area (Å²) in [6.45, 7) is 9.44. The molecule has 0 aliphatic heterocycles. The molecule has 0 aliphatic rings. The molecule has 0 fully saturated rings. The highest BCUT2D eigenvalue weighted by Crippen LogP contribution is 2.16. The Morgan fingerprint density at radius 1 is 0.673 bits per heavy atom. The Hall–Kier alpha value is -4.74. The highest BCUT2D eigenvalue weighted by molar-refractivity contribution is 5.94. The summed E-state index contributed by atoms with van der Waals surface area (Å²) in [6, 6.07) is 22.1. The van der Waals surface area contributed by atoms with Gasteiger partial charge in [-0.05, 0) is 60.4 Å². The molecule has 0 aromatic heterocycles. The van der Waals surface area contributed by atoms with Crippen molar-refractivity contribution >= 4 is 23.7 Å². The fraction of sp³-hybridized carbons (Fsp3) is 0.421. The molecule has 5 unspecified atom stereocenters. The van der Waals surface area contributed by atoms with Crippen molar-refractivity contribution in [3.05, 3.63) is 102 Å². The second-order valence-electron chi connectivity index (χ2n) is 13.0. The van der Waals surface area contributed by atoms with Gasteiger partial charge < -0.3 is 36.3 Å². The molecule has 3 amide bonds. The van der Waals surface area contributed by atoms with Gasteiger partial charge in [-0.2, -0.15) is 0 Å². The number of ether oxygens (including phenoxy) is 2. The van der Waals surface area contributed by atoms with E-state index in [0.717, 1.165) is 16.7 Å². The van der Waals surface area contributed by atoms with Crippen LogP contribution < -0.4 is 26.4 Å². The van der Waals surface area contributed by atoms with Crippen molar-refractivity contribution in [2.75, 3.05) is 0 Å². The number of hydrogen-bond acceptors (Lipinski definition) is 7. The predicted molar refractivity (Wildman–Crippen MR) is 187 cm³/mol. The summed E-state index contributed by atoms with van der Waals surface area (Å²) >= 11 is 0. The van der Waals surface area contributed by atoms with Crippen LogP contribution in [0.3, 0.4) is 0 Å². The number of amides is 3. The van der Waals surface area contributed by atoms with Crippen molar-refractivity contribution in [3.8, 4) is 5.75 Å². The number of aliphatic carboxylic acids is 1. The van der Waals surface area contributed by atoms with Crippen LogP contribution in [0.4, 0.5) is 0 Å². The summed E-state index contributed by atoms with van der Waals surface area (Å²) in [5, 5.41) is 17.7. The zero-order valence-electron chi connectivity index (χ0n) is 28.9. The number of benzene rings is 3. The number of rotatable bonds is 19. The van der Waals surface area contributed by atoms with E-state index in [4.69, 9.17) is 15.2 Å². The molecule has 0 spiro atoms. The van der Waals surface area contributed by atoms with Gasteiger partial charge in [0.15, 0.2) is 0 Å². The van der Waals surface area contributed by atoms with Crippen LogP contribution in [0.1, 0.15) is 57.7 Å². The zero-order valence-corrected chi connectivity index (χ0v) is 28.9. The molecule has 264 valence electrons. The number of carboxylic acids is 1. The first-order valence-corrected chi connectivity index (χ1v) is 16.6. The standard InChI is InChI=1S/C38H50N4O7/c1-24(2)20-32(38(46)47)40-36(44)33(25(3)4)41-37(45)34(26(5)48-22-28-12-8-6-9-13-28)42-35(43)31(39)21-27-16-18-30(19-17-27)49-23-29-14-10-7-11-15-29/h6-19,24-26,31-34H,20-23,39H2,1-5H3,(H,40,44)(H,41,45)(H,42,43)(H,46,47). The molecule has 3 rings (SSSR count). The molecular weight excluding hydrogens is 624 g/mol. The molecule has 11 heteroatoms. The quantitative estimate of drug-likeness (QED) is 0.127. The highest BCUT2D eigenvalue weighted by Gasteiger charge is 2.34. The van der Waals surface area contributed by atoms with E-state index < -0.39 is 59.9 Å². The lowest BCUT2D eigenvalue weighted by Crippen LogP contribution is -2.61. The van der Waals surface area contributed by atoms with Crippen molar-refractivity contribution in [2.24, 2.45) is 17.6 Å². The van der Waals surface area contributed by atoms with E-state index >= 15 is 0 Å². The average Bonchev–Trinajstić information content (AvgIpc) is 3.08. The van der Waals surface area contributed by atoms with Gasteiger partial charge in [0, 0.05) is 0 Å². The van der Waals surface area contributed by atoms with Gasteiger partial charge in [-0.1, -0.05) is 100 Å². The van der Waals surface area contributed by atoms with Crippen LogP contribution in [0.15, 0.2) is 84.9 Å². The number of nitrogens with two attached hydrogens (primary N) is 1. The fourth-order valence-corrected chi connectivity index (χ4v) is 5.10. The number of nitrogens with one attached hydrogen (secondary N) is 3. The van der Waals surface area contributed by atoms with Gasteiger partial charge >= 0.3 is 5.97 Å². The van der Waals surface area contributed by atoms with Crippen LogP contribution in [0, 0.1) is 11.8 Å². The second kappa shape index (κ2) is 19.3. The SMILES string of the molecule is CC(C)CC(NC(=O)C(NC(=O)C(NC(=O)C(N)Cc1ccc(OCc2ccccc2)cc1)C(C)OCc1ccccc1)C(C)C)C(=O)O. The molecule has 0 bridgehead atoms. The van der Waals surface area contributed by atoms with Gasteiger partial charge in [0.25, 0.3) is 0 Å². The maximum atomic E-state index is 13.8. The molecule has 6 N–H and O–H groups in total. The maximum Gasteiger partial charge on any atom is 0.326 e. The number of carboxylic acid groups (broad SMARTS) is 1. The van der Waals surface area contributed by atoms with E-state index in [2.05, 4.69) is 16.0 Å². The first-order chi connectivity index (χ1) is 23.3. The molecule has 0 saturated carbocycles. The van der Waals surface area contributed by atoms with E-state index in [1.165, 1.54) is 0 Å². The summed E-state index contributed by atoms with van der Waals surface area (Å²) in [6.07, 6.45) is -0.396. The van der Waals surface area contributed by atoms with E-state index in [1.807, 2.05) is 98.8 Å². The minimum Gasteiger partial charge on any atom is -0.489 e. The van der Waals surface area contributed by atoms with Crippen LogP contribution in [0.25, 0.3) is 0 Å². The Morgan fingerprint density at radius 3 is 1.73 bits per heavy atom. The highest BCUT2D eigenvalue weighted by atomic mass is 16.5. The largest absolute Gasteiger partial charge is 0.489 e. The second-order valence-corrected chi connectivity index (χ2v) is 13.0. The summed E-state index contributed by atoms with van der Waals surface area (Å²) in [7, 11) is 0. The molecule has 0 aliphatic carbocycles. The number of carbonyl (C=O) groups is 4. The van der Waals surface area contributed by atoms with E-state index in [1.54, 1.807) is 20.8 Å². The van der Waals surface area contributed by atoms with E-state index in [9.17, 15) is 24.3 Å². The van der Waals surface area contributed by atoms with Crippen molar-refractivity contribution in [2.45, 2.75) is 90.9 Å². The van der Waals surface area contributed by atoms with Crippen LogP contribution in [-0.2, 0) is 43.5 Å². The monoisotopic (exact) mass is 674 g/mol. The average molecular weight is 675 g/mol. The van der Waals surface area contributed by atoms with Gasteiger partial charge in [0.1, 0.15) is 30.5 Å². The summed E-state index contributed by atoms with van der Waals surface area (Å²) in [5.41, 5.74) is 9.04. The summed E-state index contributed by atoms with van der Waals surface area (Å²) in [4.78, 5) is 52.2. The van der Waals surface area contributed by atoms with Crippen LogP contribution in [-0.4, -0.2) is 59.1 Å². The Bertz CT molecular complexity index is 1480. The van der Waals surface area contributed by atoms with Gasteiger partial charge in [-0.3, -0.25) is 14.4 Å². The van der Waals surface area contributed by atoms with Crippen molar-refractivity contribution in [3.63, 3.8) is 0 Å². The van der Waals surface area contributed by atoms with E-state index in [0.29, 0.717) is 12.4 Å².